The van der Waals surface area contributed by atoms with Crippen LogP contribution in [0.4, 0.5) is 0 Å². The van der Waals surface area contributed by atoms with E-state index in [0.717, 1.165) is 0 Å². The van der Waals surface area contributed by atoms with E-state index in [-0.39, 0.29) is 29.8 Å². The molecule has 0 aromatic rings. The second kappa shape index (κ2) is 5.42. The van der Waals surface area contributed by atoms with Crippen LogP contribution in [0.15, 0.2) is 0 Å². The molecule has 0 aliphatic heterocycles. The number of rotatable bonds is 3. The first-order valence-electron chi connectivity index (χ1n) is 4.57. The number of likely N-dealkylation sites (N-methyl/N-ethyl adjacent to an activating group) is 1. The number of quaternary nitrogens is 1. The summed E-state index contributed by atoms with van der Waals surface area (Å²) < 4.78 is 0.600. The van der Waals surface area contributed by atoms with Crippen molar-refractivity contribution in [3.05, 3.63) is 0 Å². The summed E-state index contributed by atoms with van der Waals surface area (Å²) in [6, 6.07) is 0. The van der Waals surface area contributed by atoms with Crippen molar-refractivity contribution >= 4 is 5.78 Å². The van der Waals surface area contributed by atoms with Crippen molar-refractivity contribution in [1.82, 2.24) is 0 Å². The van der Waals surface area contributed by atoms with Crippen molar-refractivity contribution in [3.8, 4) is 0 Å². The zero-order chi connectivity index (χ0) is 10.9. The predicted molar refractivity (Wildman–Crippen MR) is 53.4 cm³/mol. The molecule has 0 spiro atoms. The van der Waals surface area contributed by atoms with Gasteiger partial charge in [-0.15, -0.1) is 0 Å². The fourth-order valence-electron chi connectivity index (χ4n) is 1.10. The number of Topliss-reactive ketones (excluding diaryl/α,β-unsaturated/α-hetero) is 1. The number of aliphatic hydroxyl groups is 1. The van der Waals surface area contributed by atoms with Crippen LogP contribution in [0.2, 0.25) is 0 Å². The van der Waals surface area contributed by atoms with Crippen LogP contribution in [0.3, 0.4) is 0 Å². The van der Waals surface area contributed by atoms with E-state index in [2.05, 4.69) is 0 Å². The van der Waals surface area contributed by atoms with Gasteiger partial charge in [0.05, 0.1) is 21.1 Å². The van der Waals surface area contributed by atoms with E-state index < -0.39 is 11.5 Å². The van der Waals surface area contributed by atoms with Crippen molar-refractivity contribution in [2.45, 2.75) is 26.9 Å². The van der Waals surface area contributed by atoms with Gasteiger partial charge in [-0.3, -0.25) is 4.79 Å². The number of hydrogen-bond donors (Lipinski definition) is 1. The van der Waals surface area contributed by atoms with Gasteiger partial charge in [-0.1, -0.05) is 20.8 Å². The van der Waals surface area contributed by atoms with Gasteiger partial charge < -0.3 is 33.6 Å². The molecule has 0 aromatic heterocycles. The highest BCUT2D eigenvalue weighted by atomic mass is 127. The summed E-state index contributed by atoms with van der Waals surface area (Å²) in [6.45, 7) is 5.95. The lowest BCUT2D eigenvalue weighted by Gasteiger charge is -2.28. The quantitative estimate of drug-likeness (QED) is 0.469. The minimum absolute atomic E-state index is 0. The minimum Gasteiger partial charge on any atom is -1.00 e. The molecule has 1 atom stereocenters. The summed E-state index contributed by atoms with van der Waals surface area (Å²) in [5.74, 6) is -0.0828. The van der Waals surface area contributed by atoms with Gasteiger partial charge in [-0.05, 0) is 0 Å². The predicted octanol–water partition coefficient (Wildman–Crippen LogP) is -2.33. The second-order valence-electron chi connectivity index (χ2n) is 5.60. The molecule has 1 N–H and O–H groups in total. The highest BCUT2D eigenvalue weighted by Gasteiger charge is 2.31. The van der Waals surface area contributed by atoms with Gasteiger partial charge in [0, 0.05) is 5.41 Å². The number of nitrogens with zero attached hydrogens (tertiary/aromatic N) is 1. The third kappa shape index (κ3) is 6.73. The standard InChI is InChI=1S/C10H22NO2.HI/c1-10(2,3)9(13)8(12)7-11(4,5)6;/h8,12H,7H2,1-6H3;1H/q+1;/p-1. The van der Waals surface area contributed by atoms with Crippen molar-refractivity contribution in [2.24, 2.45) is 5.41 Å². The molecule has 0 aromatic carbocycles. The highest BCUT2D eigenvalue weighted by molar-refractivity contribution is 5.87. The van der Waals surface area contributed by atoms with Gasteiger partial charge in [0.15, 0.2) is 11.9 Å². The normalized spacial score (nSPS) is 14.5. The summed E-state index contributed by atoms with van der Waals surface area (Å²) in [4.78, 5) is 11.6. The Bertz CT molecular complexity index is 191. The lowest BCUT2D eigenvalue weighted by Crippen LogP contribution is -3.00. The number of carbonyl (C=O) groups excluding carboxylic acids is 1. The molecule has 14 heavy (non-hydrogen) atoms. The molecule has 0 aliphatic carbocycles. The van der Waals surface area contributed by atoms with Crippen molar-refractivity contribution in [2.75, 3.05) is 27.7 Å². The lowest BCUT2D eigenvalue weighted by molar-refractivity contribution is -0.872. The fraction of sp³-hybridized carbons (Fsp3) is 0.900. The average Bonchev–Trinajstić information content (AvgIpc) is 1.79. The van der Waals surface area contributed by atoms with Crippen LogP contribution in [0.5, 0.6) is 0 Å². The Hall–Kier alpha value is 0.320. The van der Waals surface area contributed by atoms with Crippen LogP contribution in [0.1, 0.15) is 20.8 Å². The maximum atomic E-state index is 11.6. The summed E-state index contributed by atoms with van der Waals surface area (Å²) >= 11 is 0. The van der Waals surface area contributed by atoms with E-state index in [0.29, 0.717) is 11.0 Å². The first-order valence-corrected chi connectivity index (χ1v) is 4.57. The second-order valence-corrected chi connectivity index (χ2v) is 5.60. The summed E-state index contributed by atoms with van der Waals surface area (Å²) in [6.07, 6.45) is -0.847. The number of carbonyl (C=O) groups is 1. The molecule has 0 saturated heterocycles. The van der Waals surface area contributed by atoms with E-state index >= 15 is 0 Å². The van der Waals surface area contributed by atoms with Gasteiger partial charge in [-0.2, -0.15) is 0 Å². The Labute approximate surface area is 104 Å². The molecule has 0 aliphatic rings. The van der Waals surface area contributed by atoms with Gasteiger partial charge in [0.2, 0.25) is 0 Å². The Morgan fingerprint density at radius 2 is 1.64 bits per heavy atom. The Morgan fingerprint density at radius 1 is 1.29 bits per heavy atom. The smallest absolute Gasteiger partial charge is 0.172 e. The Kier molecular flexibility index (Phi) is 6.48. The molecule has 1 unspecified atom stereocenters. The van der Waals surface area contributed by atoms with Crippen molar-refractivity contribution in [3.63, 3.8) is 0 Å². The van der Waals surface area contributed by atoms with Crippen LogP contribution in [0, 0.1) is 5.41 Å². The Balaban J connectivity index is 0. The summed E-state index contributed by atoms with van der Waals surface area (Å²) in [7, 11) is 5.87. The molecule has 0 heterocycles. The average molecular weight is 315 g/mol. The maximum Gasteiger partial charge on any atom is 0.172 e. The van der Waals surface area contributed by atoms with Crippen molar-refractivity contribution in [1.29, 1.82) is 0 Å². The van der Waals surface area contributed by atoms with E-state index in [4.69, 9.17) is 0 Å². The number of halogens is 1. The molecule has 0 fully saturated rings. The third-order valence-electron chi connectivity index (χ3n) is 1.76. The molecule has 86 valence electrons. The van der Waals surface area contributed by atoms with Crippen molar-refractivity contribution < 1.29 is 38.4 Å². The first kappa shape index (κ1) is 16.7. The molecule has 0 amide bonds. The van der Waals surface area contributed by atoms with Gasteiger partial charge in [-0.25, -0.2) is 0 Å². The van der Waals surface area contributed by atoms with E-state index in [1.165, 1.54) is 0 Å². The molecular weight excluding hydrogens is 293 g/mol. The molecule has 0 rings (SSSR count). The van der Waals surface area contributed by atoms with E-state index in [1.54, 1.807) is 0 Å². The van der Waals surface area contributed by atoms with E-state index in [1.807, 2.05) is 41.9 Å². The minimum atomic E-state index is -0.847. The number of aliphatic hydroxyl groups excluding tert-OH is 1. The third-order valence-corrected chi connectivity index (χ3v) is 1.76. The largest absolute Gasteiger partial charge is 1.00 e. The summed E-state index contributed by atoms with van der Waals surface area (Å²) in [5, 5.41) is 9.62. The zero-order valence-corrected chi connectivity index (χ0v) is 12.1. The first-order chi connectivity index (χ1) is 5.54. The number of ketones is 1. The van der Waals surface area contributed by atoms with Crippen LogP contribution in [-0.4, -0.2) is 49.2 Å². The number of hydrogen-bond acceptors (Lipinski definition) is 2. The molecule has 3 nitrogen and oxygen atoms in total. The maximum absolute atomic E-state index is 11.6. The zero-order valence-electron chi connectivity index (χ0n) is 9.97. The molecule has 0 bridgehead atoms. The highest BCUT2D eigenvalue weighted by Crippen LogP contribution is 2.17. The molecule has 0 radical (unpaired) electrons. The fourth-order valence-corrected chi connectivity index (χ4v) is 1.10. The SMILES string of the molecule is CC(C)(C)C(=O)C(O)C[N+](C)(C)C.[I-]. The van der Waals surface area contributed by atoms with Gasteiger partial charge >= 0.3 is 0 Å². The Morgan fingerprint density at radius 3 is 1.86 bits per heavy atom. The summed E-state index contributed by atoms with van der Waals surface area (Å²) in [5.41, 5.74) is -0.450. The molecule has 0 saturated carbocycles. The lowest BCUT2D eigenvalue weighted by atomic mass is 9.87. The topological polar surface area (TPSA) is 37.3 Å². The van der Waals surface area contributed by atoms with E-state index in [9.17, 15) is 9.90 Å². The van der Waals surface area contributed by atoms with Crippen LogP contribution in [0.25, 0.3) is 0 Å². The van der Waals surface area contributed by atoms with Gasteiger partial charge in [0.25, 0.3) is 0 Å². The molecular formula is C10H22INO2. The van der Waals surface area contributed by atoms with Crippen LogP contribution < -0.4 is 24.0 Å². The molecule has 4 heteroatoms. The van der Waals surface area contributed by atoms with Gasteiger partial charge in [0.1, 0.15) is 6.54 Å². The van der Waals surface area contributed by atoms with Crippen LogP contribution in [-0.2, 0) is 4.79 Å². The monoisotopic (exact) mass is 315 g/mol. The van der Waals surface area contributed by atoms with Crippen LogP contribution >= 0.6 is 0 Å².